The fourth-order valence-electron chi connectivity index (χ4n) is 1.79. The average molecular weight is 221 g/mol. The summed E-state index contributed by atoms with van der Waals surface area (Å²) in [5, 5.41) is 17.4. The molecule has 1 atom stereocenters. The summed E-state index contributed by atoms with van der Waals surface area (Å²) in [6.45, 7) is 1.50. The Hall–Kier alpha value is -1.62. The maximum atomic E-state index is 11.6. The third kappa shape index (κ3) is 2.49. The number of carbonyl (C=O) groups excluding carboxylic acids is 1. The molecule has 0 spiro atoms. The Labute approximate surface area is 94.1 Å². The predicted octanol–water partition coefficient (Wildman–Crippen LogP) is -0.659. The quantitative estimate of drug-likeness (QED) is 0.514. The molecule has 0 aromatic carbocycles. The van der Waals surface area contributed by atoms with Crippen LogP contribution in [0.2, 0.25) is 0 Å². The van der Waals surface area contributed by atoms with Crippen molar-refractivity contribution in [3.8, 4) is 0 Å². The van der Waals surface area contributed by atoms with Crippen LogP contribution in [0, 0.1) is 5.21 Å². The third-order valence-electron chi connectivity index (χ3n) is 2.68. The number of hydrogen-bond acceptors (Lipinski definition) is 3. The maximum absolute atomic E-state index is 11.6. The lowest BCUT2D eigenvalue weighted by atomic mass is 10.1. The fourth-order valence-corrected chi connectivity index (χ4v) is 1.79. The van der Waals surface area contributed by atoms with Gasteiger partial charge < -0.3 is 15.8 Å². The molecule has 86 valence electrons. The molecule has 2 heterocycles. The molecule has 1 unspecified atom stereocenters. The Morgan fingerprint density at radius 1 is 1.44 bits per heavy atom. The second-order valence-electron chi connectivity index (χ2n) is 3.87. The second-order valence-corrected chi connectivity index (χ2v) is 3.87. The highest BCUT2D eigenvalue weighted by Gasteiger charge is 2.23. The van der Waals surface area contributed by atoms with E-state index >= 15 is 0 Å². The van der Waals surface area contributed by atoms with Crippen LogP contribution < -0.4 is 15.4 Å². The first-order valence-electron chi connectivity index (χ1n) is 5.45. The van der Waals surface area contributed by atoms with Gasteiger partial charge in [0.25, 0.3) is 0 Å². The van der Waals surface area contributed by atoms with Crippen molar-refractivity contribution < 1.29 is 9.52 Å². The van der Waals surface area contributed by atoms with E-state index < -0.39 is 0 Å². The SMILES string of the molecule is O=C1NCCCNC1Cc1cccc[n+]1[O-]. The van der Waals surface area contributed by atoms with E-state index in [0.717, 1.165) is 17.7 Å². The molecule has 0 saturated carbocycles. The molecule has 0 radical (unpaired) electrons. The maximum Gasteiger partial charge on any atom is 0.237 e. The number of amides is 1. The Morgan fingerprint density at radius 2 is 2.31 bits per heavy atom. The van der Waals surface area contributed by atoms with Crippen molar-refractivity contribution in [2.24, 2.45) is 0 Å². The highest BCUT2D eigenvalue weighted by atomic mass is 16.5. The van der Waals surface area contributed by atoms with E-state index in [1.807, 2.05) is 0 Å². The fraction of sp³-hybridized carbons (Fsp3) is 0.455. The molecule has 16 heavy (non-hydrogen) atoms. The molecule has 1 amide bonds. The number of carbonyl (C=O) groups is 1. The first kappa shape index (κ1) is 10.9. The van der Waals surface area contributed by atoms with Gasteiger partial charge in [-0.25, -0.2) is 0 Å². The zero-order chi connectivity index (χ0) is 11.4. The average Bonchev–Trinajstić information content (AvgIpc) is 2.48. The van der Waals surface area contributed by atoms with Gasteiger partial charge in [-0.3, -0.25) is 4.79 Å². The molecular weight excluding hydrogens is 206 g/mol. The summed E-state index contributed by atoms with van der Waals surface area (Å²) < 4.78 is 0.805. The van der Waals surface area contributed by atoms with Crippen molar-refractivity contribution in [1.82, 2.24) is 10.6 Å². The van der Waals surface area contributed by atoms with Gasteiger partial charge in [-0.1, -0.05) is 6.07 Å². The Balaban J connectivity index is 2.08. The van der Waals surface area contributed by atoms with Gasteiger partial charge in [-0.2, -0.15) is 4.73 Å². The molecule has 1 aromatic heterocycles. The number of nitrogens with one attached hydrogen (secondary N) is 2. The van der Waals surface area contributed by atoms with Gasteiger partial charge in [-0.15, -0.1) is 0 Å². The minimum Gasteiger partial charge on any atom is -0.619 e. The molecule has 1 aliphatic rings. The molecule has 5 heteroatoms. The Morgan fingerprint density at radius 3 is 3.12 bits per heavy atom. The molecule has 0 bridgehead atoms. The van der Waals surface area contributed by atoms with Crippen LogP contribution >= 0.6 is 0 Å². The smallest absolute Gasteiger partial charge is 0.237 e. The van der Waals surface area contributed by atoms with Crippen LogP contribution in [0.25, 0.3) is 0 Å². The van der Waals surface area contributed by atoms with Gasteiger partial charge in [-0.05, 0) is 13.0 Å². The third-order valence-corrected chi connectivity index (χ3v) is 2.68. The predicted molar refractivity (Wildman–Crippen MR) is 58.5 cm³/mol. The summed E-state index contributed by atoms with van der Waals surface area (Å²) in [7, 11) is 0. The minimum atomic E-state index is -0.301. The van der Waals surface area contributed by atoms with Crippen molar-refractivity contribution in [1.29, 1.82) is 0 Å². The van der Waals surface area contributed by atoms with Crippen molar-refractivity contribution in [3.63, 3.8) is 0 Å². The number of pyridine rings is 1. The normalized spacial score (nSPS) is 21.2. The molecule has 1 saturated heterocycles. The second kappa shape index (κ2) is 4.94. The zero-order valence-corrected chi connectivity index (χ0v) is 8.98. The van der Waals surface area contributed by atoms with Crippen LogP contribution in [0.4, 0.5) is 0 Å². The first-order chi connectivity index (χ1) is 7.77. The summed E-state index contributed by atoms with van der Waals surface area (Å²) in [6, 6.07) is 4.92. The Kier molecular flexibility index (Phi) is 3.36. The zero-order valence-electron chi connectivity index (χ0n) is 8.98. The van der Waals surface area contributed by atoms with Crippen LogP contribution in [0.1, 0.15) is 12.1 Å². The van der Waals surface area contributed by atoms with E-state index in [2.05, 4.69) is 10.6 Å². The van der Waals surface area contributed by atoms with Crippen molar-refractivity contribution >= 4 is 5.91 Å². The highest BCUT2D eigenvalue weighted by Crippen LogP contribution is 2.00. The van der Waals surface area contributed by atoms with Crippen LogP contribution in [-0.2, 0) is 11.2 Å². The van der Waals surface area contributed by atoms with Crippen LogP contribution in [0.5, 0.6) is 0 Å². The largest absolute Gasteiger partial charge is 0.619 e. The van der Waals surface area contributed by atoms with Crippen LogP contribution in [0.3, 0.4) is 0 Å². The molecule has 5 nitrogen and oxygen atoms in total. The lowest BCUT2D eigenvalue weighted by Crippen LogP contribution is -2.45. The summed E-state index contributed by atoms with van der Waals surface area (Å²) in [5.74, 6) is -0.0265. The van der Waals surface area contributed by atoms with E-state index in [4.69, 9.17) is 0 Å². The van der Waals surface area contributed by atoms with E-state index in [-0.39, 0.29) is 11.9 Å². The van der Waals surface area contributed by atoms with Gasteiger partial charge >= 0.3 is 0 Å². The topological polar surface area (TPSA) is 68.1 Å². The van der Waals surface area contributed by atoms with Gasteiger partial charge in [0.15, 0.2) is 11.9 Å². The lowest BCUT2D eigenvalue weighted by Gasteiger charge is -2.13. The van der Waals surface area contributed by atoms with Crippen molar-refractivity contribution in [2.45, 2.75) is 18.9 Å². The van der Waals surface area contributed by atoms with E-state index in [1.54, 1.807) is 18.2 Å². The summed E-state index contributed by atoms with van der Waals surface area (Å²) in [4.78, 5) is 11.6. The van der Waals surface area contributed by atoms with Crippen molar-refractivity contribution in [2.75, 3.05) is 13.1 Å². The first-order valence-corrected chi connectivity index (χ1v) is 5.45. The number of nitrogens with zero attached hydrogens (tertiary/aromatic N) is 1. The molecule has 1 aliphatic heterocycles. The van der Waals surface area contributed by atoms with Gasteiger partial charge in [0.2, 0.25) is 5.91 Å². The lowest BCUT2D eigenvalue weighted by molar-refractivity contribution is -0.614. The van der Waals surface area contributed by atoms with E-state index in [1.165, 1.54) is 6.20 Å². The van der Waals surface area contributed by atoms with Gasteiger partial charge in [0, 0.05) is 18.7 Å². The molecule has 0 aliphatic carbocycles. The summed E-state index contributed by atoms with van der Waals surface area (Å²) in [6.07, 6.45) is 2.80. The van der Waals surface area contributed by atoms with Gasteiger partial charge in [0.1, 0.15) is 0 Å². The number of aromatic nitrogens is 1. The van der Waals surface area contributed by atoms with E-state index in [0.29, 0.717) is 18.7 Å². The number of hydrogen-bond donors (Lipinski definition) is 2. The highest BCUT2D eigenvalue weighted by molar-refractivity contribution is 5.82. The van der Waals surface area contributed by atoms with E-state index in [9.17, 15) is 10.0 Å². The van der Waals surface area contributed by atoms with Crippen molar-refractivity contribution in [3.05, 3.63) is 35.3 Å². The van der Waals surface area contributed by atoms with Crippen LogP contribution in [-0.4, -0.2) is 25.0 Å². The molecule has 1 fully saturated rings. The summed E-state index contributed by atoms with van der Waals surface area (Å²) >= 11 is 0. The van der Waals surface area contributed by atoms with Crippen LogP contribution in [0.15, 0.2) is 24.4 Å². The minimum absolute atomic E-state index is 0.0265. The number of rotatable bonds is 2. The summed E-state index contributed by atoms with van der Waals surface area (Å²) in [5.41, 5.74) is 0.608. The molecule has 1 aromatic rings. The molecule has 2 N–H and O–H groups in total. The molecule has 2 rings (SSSR count). The van der Waals surface area contributed by atoms with Gasteiger partial charge in [0.05, 0.1) is 12.5 Å². The molecular formula is C11H15N3O2. The Bertz CT molecular complexity index is 381. The standard InChI is InChI=1S/C11H15N3O2/c15-11-10(12-5-3-6-13-11)8-9-4-1-2-7-14(9)16/h1-2,4,7,10,12H,3,5-6,8H2,(H,13,15). The monoisotopic (exact) mass is 221 g/mol.